The zero-order valence-electron chi connectivity index (χ0n) is 16.3. The first-order valence-corrected chi connectivity index (χ1v) is 10.4. The fourth-order valence-corrected chi connectivity index (χ4v) is 3.69. The van der Waals surface area contributed by atoms with Crippen molar-refractivity contribution >= 4 is 57.1 Å². The lowest BCUT2D eigenvalue weighted by atomic mass is 9.84. The van der Waals surface area contributed by atoms with Crippen molar-refractivity contribution in [2.24, 2.45) is 0 Å². The van der Waals surface area contributed by atoms with Gasteiger partial charge in [-0.3, -0.25) is 19.7 Å². The molecule has 0 spiro atoms. The summed E-state index contributed by atoms with van der Waals surface area (Å²) in [5, 5.41) is 15.8. The molecule has 9 heteroatoms. The summed E-state index contributed by atoms with van der Waals surface area (Å²) in [6, 6.07) is 18.0. The minimum atomic E-state index is -0.752. The summed E-state index contributed by atoms with van der Waals surface area (Å²) in [6.07, 6.45) is 0. The predicted molar refractivity (Wildman–Crippen MR) is 126 cm³/mol. The minimum absolute atomic E-state index is 0.101. The Morgan fingerprint density at radius 2 is 1.41 bits per heavy atom. The third-order valence-corrected chi connectivity index (χ3v) is 5.55. The molecule has 8 nitrogen and oxygen atoms in total. The Hall–Kier alpha value is -3.86. The number of ketones is 2. The van der Waals surface area contributed by atoms with Crippen LogP contribution < -0.4 is 10.6 Å². The zero-order chi connectivity index (χ0) is 22.8. The van der Waals surface area contributed by atoms with Gasteiger partial charge in [0.2, 0.25) is 5.78 Å². The van der Waals surface area contributed by atoms with Gasteiger partial charge < -0.3 is 10.6 Å². The van der Waals surface area contributed by atoms with E-state index in [2.05, 4.69) is 33.2 Å². The lowest BCUT2D eigenvalue weighted by molar-refractivity contribution is -0.384. The number of rotatable bonds is 4. The Kier molecular flexibility index (Phi) is 5.82. The summed E-state index contributed by atoms with van der Waals surface area (Å²) in [6.45, 7) is 0. The van der Waals surface area contributed by atoms with Gasteiger partial charge in [-0.2, -0.15) is 0 Å². The van der Waals surface area contributed by atoms with Crippen molar-refractivity contribution < 1.29 is 19.3 Å². The number of non-ortho nitro benzene ring substituents is 1. The summed E-state index contributed by atoms with van der Waals surface area (Å²) in [5.41, 5.74) is 1.12. The van der Waals surface area contributed by atoms with Gasteiger partial charge in [0, 0.05) is 32.5 Å². The van der Waals surface area contributed by atoms with Gasteiger partial charge in [-0.05, 0) is 52.4 Å². The number of nitro groups is 1. The highest BCUT2D eigenvalue weighted by molar-refractivity contribution is 14.1. The maximum atomic E-state index is 13.3. The number of carbonyl (C=O) groups is 3. The Morgan fingerprint density at radius 3 is 2.00 bits per heavy atom. The number of anilines is 1. The molecule has 2 amide bonds. The van der Waals surface area contributed by atoms with Crippen molar-refractivity contribution in [2.75, 3.05) is 5.32 Å². The molecule has 0 atom stereocenters. The quantitative estimate of drug-likeness (QED) is 0.280. The minimum Gasteiger partial charge on any atom is -0.308 e. The first kappa shape index (κ1) is 21.4. The average Bonchev–Trinajstić information content (AvgIpc) is 2.79. The van der Waals surface area contributed by atoms with Crippen molar-refractivity contribution in [1.29, 1.82) is 0 Å². The fraction of sp³-hybridized carbons (Fsp3) is 0. The number of carbonyl (C=O) groups excluding carboxylic acids is 3. The van der Waals surface area contributed by atoms with Crippen molar-refractivity contribution in [3.8, 4) is 0 Å². The second kappa shape index (κ2) is 8.71. The molecule has 32 heavy (non-hydrogen) atoms. The summed E-state index contributed by atoms with van der Waals surface area (Å²) in [4.78, 5) is 49.3. The molecule has 4 rings (SSSR count). The highest BCUT2D eigenvalue weighted by atomic mass is 127. The number of urea groups is 1. The normalized spacial score (nSPS) is 12.9. The second-order valence-corrected chi connectivity index (χ2v) is 8.09. The molecule has 0 bridgehead atoms. The van der Waals surface area contributed by atoms with Crippen LogP contribution >= 0.6 is 22.6 Å². The van der Waals surface area contributed by atoms with Gasteiger partial charge >= 0.3 is 6.03 Å². The van der Waals surface area contributed by atoms with E-state index in [0.717, 1.165) is 3.57 Å². The third kappa shape index (κ3) is 4.14. The maximum absolute atomic E-state index is 13.3. The van der Waals surface area contributed by atoms with Gasteiger partial charge in [-0.1, -0.05) is 36.4 Å². The molecule has 0 aromatic heterocycles. The fourth-order valence-electron chi connectivity index (χ4n) is 3.33. The summed E-state index contributed by atoms with van der Waals surface area (Å²) in [7, 11) is 0. The number of nitrogens with zero attached hydrogens (tertiary/aromatic N) is 1. The van der Waals surface area contributed by atoms with Crippen LogP contribution in [0.15, 0.2) is 78.5 Å². The van der Waals surface area contributed by atoms with Gasteiger partial charge in [0.1, 0.15) is 5.70 Å². The molecule has 0 heterocycles. The van der Waals surface area contributed by atoms with Gasteiger partial charge in [-0.25, -0.2) is 4.79 Å². The molecule has 158 valence electrons. The van der Waals surface area contributed by atoms with E-state index in [1.54, 1.807) is 42.5 Å². The molecule has 0 saturated heterocycles. The number of nitro benzene ring substituents is 1. The van der Waals surface area contributed by atoms with Crippen LogP contribution in [-0.2, 0) is 0 Å². The molecule has 0 aliphatic heterocycles. The van der Waals surface area contributed by atoms with Crippen LogP contribution in [0.2, 0.25) is 0 Å². The Morgan fingerprint density at radius 1 is 0.812 bits per heavy atom. The molecule has 2 N–H and O–H groups in total. The number of Topliss-reactive ketones (excluding diaryl/α,β-unsaturated/α-hetero) is 2. The SMILES string of the molecule is O=C(NC1=C(c2ccc(I)cc2)C(=O)c2ccccc2C1=O)Nc1ccc([N+](=O)[O-])cc1. The zero-order valence-corrected chi connectivity index (χ0v) is 18.5. The lowest BCUT2D eigenvalue weighted by Gasteiger charge is -2.22. The van der Waals surface area contributed by atoms with Crippen molar-refractivity contribution in [2.45, 2.75) is 0 Å². The van der Waals surface area contributed by atoms with E-state index in [1.165, 1.54) is 30.3 Å². The Balaban J connectivity index is 1.70. The number of halogens is 1. The van der Waals surface area contributed by atoms with E-state index in [1.807, 2.05) is 0 Å². The Bertz CT molecular complexity index is 1300. The number of benzene rings is 3. The second-order valence-electron chi connectivity index (χ2n) is 6.84. The lowest BCUT2D eigenvalue weighted by Crippen LogP contribution is -2.36. The van der Waals surface area contributed by atoms with E-state index in [-0.39, 0.29) is 33.9 Å². The monoisotopic (exact) mass is 539 g/mol. The van der Waals surface area contributed by atoms with Gasteiger partial charge in [0.05, 0.1) is 10.5 Å². The molecule has 1 aliphatic carbocycles. The summed E-state index contributed by atoms with van der Waals surface area (Å²) in [5.74, 6) is -0.848. The van der Waals surface area contributed by atoms with Crippen LogP contribution in [0.3, 0.4) is 0 Å². The molecule has 0 unspecified atom stereocenters. The van der Waals surface area contributed by atoms with E-state index >= 15 is 0 Å². The molecule has 0 saturated carbocycles. The number of fused-ring (bicyclic) bond motifs is 1. The molecule has 0 radical (unpaired) electrons. The Labute approximate surface area is 195 Å². The van der Waals surface area contributed by atoms with Gasteiger partial charge in [0.15, 0.2) is 5.78 Å². The molecule has 3 aromatic carbocycles. The first-order valence-electron chi connectivity index (χ1n) is 9.36. The van der Waals surface area contributed by atoms with Crippen molar-refractivity contribution in [3.05, 3.63) is 109 Å². The van der Waals surface area contributed by atoms with Crippen LogP contribution in [0.25, 0.3) is 5.57 Å². The van der Waals surface area contributed by atoms with E-state index < -0.39 is 16.7 Å². The van der Waals surface area contributed by atoms with Crippen molar-refractivity contribution in [1.82, 2.24) is 5.32 Å². The largest absolute Gasteiger partial charge is 0.323 e. The van der Waals surface area contributed by atoms with Gasteiger partial charge in [-0.15, -0.1) is 0 Å². The highest BCUT2D eigenvalue weighted by Gasteiger charge is 2.33. The number of hydrogen-bond donors (Lipinski definition) is 2. The van der Waals surface area contributed by atoms with Crippen LogP contribution in [0, 0.1) is 13.7 Å². The number of amides is 2. The molecule has 1 aliphatic rings. The van der Waals surface area contributed by atoms with Crippen LogP contribution in [0.4, 0.5) is 16.2 Å². The van der Waals surface area contributed by atoms with E-state index in [4.69, 9.17) is 0 Å². The van der Waals surface area contributed by atoms with E-state index in [9.17, 15) is 24.5 Å². The molecular weight excluding hydrogens is 525 g/mol. The predicted octanol–water partition coefficient (Wildman–Crippen LogP) is 4.81. The molecule has 3 aromatic rings. The van der Waals surface area contributed by atoms with Crippen LogP contribution in [0.5, 0.6) is 0 Å². The topological polar surface area (TPSA) is 118 Å². The highest BCUT2D eigenvalue weighted by Crippen LogP contribution is 2.31. The van der Waals surface area contributed by atoms with Crippen LogP contribution in [-0.4, -0.2) is 22.5 Å². The number of nitrogens with one attached hydrogen (secondary N) is 2. The maximum Gasteiger partial charge on any atom is 0.323 e. The standard InChI is InChI=1S/C23H14IN3O5/c24-14-7-5-13(6-8-14)19-20(22(29)18-4-2-1-3-17(18)21(19)28)26-23(30)25-15-9-11-16(12-10-15)27(31)32/h1-12H,(H2,25,26,30). The first-order chi connectivity index (χ1) is 15.3. The van der Waals surface area contributed by atoms with Gasteiger partial charge in [0.25, 0.3) is 5.69 Å². The average molecular weight is 539 g/mol. The van der Waals surface area contributed by atoms with Crippen LogP contribution in [0.1, 0.15) is 26.3 Å². The number of hydrogen-bond acceptors (Lipinski definition) is 5. The van der Waals surface area contributed by atoms with Crippen molar-refractivity contribution in [3.63, 3.8) is 0 Å². The summed E-state index contributed by atoms with van der Waals surface area (Å²) < 4.78 is 0.951. The summed E-state index contributed by atoms with van der Waals surface area (Å²) >= 11 is 2.13. The third-order valence-electron chi connectivity index (χ3n) is 4.83. The number of allylic oxidation sites excluding steroid dienone is 2. The molecular formula is C23H14IN3O5. The smallest absolute Gasteiger partial charge is 0.308 e. The van der Waals surface area contributed by atoms with E-state index in [0.29, 0.717) is 11.3 Å². The molecule has 0 fully saturated rings.